The summed E-state index contributed by atoms with van der Waals surface area (Å²) in [6, 6.07) is 1.03. The maximum Gasteiger partial charge on any atom is 0.419 e. The predicted molar refractivity (Wildman–Crippen MR) is 67.3 cm³/mol. The molecule has 0 fully saturated rings. The minimum Gasteiger partial charge on any atom is -0.323 e. The molecule has 1 atom stereocenters. The number of benzene rings is 1. The van der Waals surface area contributed by atoms with Crippen LogP contribution >= 0.6 is 0 Å². The number of hydrogen-bond donors (Lipinski definition) is 1. The van der Waals surface area contributed by atoms with Gasteiger partial charge in [0.1, 0.15) is 5.82 Å². The second-order valence-electron chi connectivity index (χ2n) is 5.09. The molecule has 3 nitrogen and oxygen atoms in total. The molecule has 0 spiro atoms. The molecule has 114 valence electrons. The Hall–Kier alpha value is -1.15. The van der Waals surface area contributed by atoms with Crippen LogP contribution in [0.5, 0.6) is 0 Å². The summed E-state index contributed by atoms with van der Waals surface area (Å²) >= 11 is 0. The van der Waals surface area contributed by atoms with Gasteiger partial charge in [-0.05, 0) is 31.5 Å². The van der Waals surface area contributed by atoms with E-state index in [0.717, 1.165) is 12.3 Å². The molecule has 20 heavy (non-hydrogen) atoms. The molecule has 1 aromatic rings. The zero-order valence-corrected chi connectivity index (χ0v) is 11.9. The van der Waals surface area contributed by atoms with Crippen LogP contribution in [0.4, 0.5) is 17.6 Å². The Morgan fingerprint density at radius 1 is 1.20 bits per heavy atom. The van der Waals surface area contributed by atoms with Crippen LogP contribution in [-0.4, -0.2) is 19.4 Å². The van der Waals surface area contributed by atoms with Crippen LogP contribution in [0, 0.1) is 5.82 Å². The molecule has 2 N–H and O–H groups in total. The van der Waals surface area contributed by atoms with E-state index >= 15 is 0 Å². The average Bonchev–Trinajstić information content (AvgIpc) is 2.24. The summed E-state index contributed by atoms with van der Waals surface area (Å²) in [5.74, 6) is -1.48. The first-order chi connectivity index (χ1) is 8.78. The van der Waals surface area contributed by atoms with E-state index in [9.17, 15) is 26.0 Å². The molecule has 0 aliphatic carbocycles. The van der Waals surface area contributed by atoms with E-state index < -0.39 is 38.2 Å². The molecule has 0 aliphatic heterocycles. The van der Waals surface area contributed by atoms with Crippen LogP contribution in [0.25, 0.3) is 0 Å². The highest BCUT2D eigenvalue weighted by Gasteiger charge is 2.39. The smallest absolute Gasteiger partial charge is 0.323 e. The lowest BCUT2D eigenvalue weighted by Crippen LogP contribution is -2.42. The number of alkyl halides is 3. The van der Waals surface area contributed by atoms with Crippen molar-refractivity contribution in [1.29, 1.82) is 0 Å². The molecule has 0 saturated heterocycles. The monoisotopic (exact) mass is 313 g/mol. The van der Waals surface area contributed by atoms with Gasteiger partial charge in [0.15, 0.2) is 9.84 Å². The van der Waals surface area contributed by atoms with E-state index in [-0.39, 0.29) is 5.56 Å². The standard InChI is InChI=1S/C12H15F4NO2S/c1-11(2,20(3,18)19)10(17)7-4-5-8(9(13)6-7)12(14,15)16/h4-6,10H,17H2,1-3H3. The van der Waals surface area contributed by atoms with E-state index in [1.54, 1.807) is 0 Å². The Kier molecular flexibility index (Phi) is 4.22. The molecular weight excluding hydrogens is 298 g/mol. The van der Waals surface area contributed by atoms with Crippen molar-refractivity contribution in [2.24, 2.45) is 5.73 Å². The van der Waals surface area contributed by atoms with Crippen molar-refractivity contribution in [3.8, 4) is 0 Å². The van der Waals surface area contributed by atoms with E-state index in [1.807, 2.05) is 0 Å². The van der Waals surface area contributed by atoms with E-state index in [2.05, 4.69) is 0 Å². The molecule has 0 amide bonds. The Morgan fingerprint density at radius 2 is 1.70 bits per heavy atom. The minimum absolute atomic E-state index is 0.00840. The van der Waals surface area contributed by atoms with E-state index in [0.29, 0.717) is 12.1 Å². The van der Waals surface area contributed by atoms with Gasteiger partial charge in [-0.15, -0.1) is 0 Å². The lowest BCUT2D eigenvalue weighted by atomic mass is 9.95. The highest BCUT2D eigenvalue weighted by molar-refractivity contribution is 7.92. The number of sulfone groups is 1. The molecular formula is C12H15F4NO2S. The van der Waals surface area contributed by atoms with Gasteiger partial charge in [0.25, 0.3) is 0 Å². The van der Waals surface area contributed by atoms with Gasteiger partial charge < -0.3 is 5.73 Å². The molecule has 0 radical (unpaired) electrons. The van der Waals surface area contributed by atoms with Crippen LogP contribution in [-0.2, 0) is 16.0 Å². The molecule has 0 aromatic heterocycles. The van der Waals surface area contributed by atoms with Gasteiger partial charge in [0.2, 0.25) is 0 Å². The third-order valence-corrected chi connectivity index (χ3v) is 5.53. The van der Waals surface area contributed by atoms with Gasteiger partial charge in [0, 0.05) is 12.3 Å². The van der Waals surface area contributed by atoms with Crippen LogP contribution in [0.2, 0.25) is 0 Å². The first-order valence-electron chi connectivity index (χ1n) is 5.60. The van der Waals surface area contributed by atoms with Gasteiger partial charge in [-0.25, -0.2) is 12.8 Å². The fraction of sp³-hybridized carbons (Fsp3) is 0.500. The molecule has 1 aromatic carbocycles. The zero-order valence-electron chi connectivity index (χ0n) is 11.1. The highest BCUT2D eigenvalue weighted by atomic mass is 32.2. The fourth-order valence-corrected chi connectivity index (χ4v) is 2.18. The Bertz CT molecular complexity index is 608. The molecule has 0 aliphatic rings. The van der Waals surface area contributed by atoms with E-state index in [4.69, 9.17) is 5.73 Å². The largest absolute Gasteiger partial charge is 0.419 e. The third kappa shape index (κ3) is 3.12. The Morgan fingerprint density at radius 3 is 2.05 bits per heavy atom. The quantitative estimate of drug-likeness (QED) is 0.873. The SMILES string of the molecule is CC(C)(C(N)c1ccc(C(F)(F)F)c(F)c1)S(C)(=O)=O. The summed E-state index contributed by atoms with van der Waals surface area (Å²) in [7, 11) is -3.57. The number of nitrogens with two attached hydrogens (primary N) is 1. The first kappa shape index (κ1) is 16.9. The molecule has 1 rings (SSSR count). The summed E-state index contributed by atoms with van der Waals surface area (Å²) in [5.41, 5.74) is 4.34. The molecule has 0 bridgehead atoms. The van der Waals surface area contributed by atoms with Crippen molar-refractivity contribution in [2.45, 2.75) is 30.8 Å². The number of rotatable bonds is 3. The Labute approximate surface area is 114 Å². The van der Waals surface area contributed by atoms with Crippen LogP contribution in [0.1, 0.15) is 31.0 Å². The van der Waals surface area contributed by atoms with Gasteiger partial charge in [-0.1, -0.05) is 6.07 Å². The van der Waals surface area contributed by atoms with Gasteiger partial charge >= 0.3 is 6.18 Å². The summed E-state index contributed by atoms with van der Waals surface area (Å²) in [4.78, 5) is 0. The van der Waals surface area contributed by atoms with Crippen molar-refractivity contribution in [2.75, 3.05) is 6.26 Å². The molecule has 8 heteroatoms. The lowest BCUT2D eigenvalue weighted by Gasteiger charge is -2.30. The minimum atomic E-state index is -4.81. The average molecular weight is 313 g/mol. The predicted octanol–water partition coefficient (Wildman–Crippen LogP) is 2.67. The van der Waals surface area contributed by atoms with Crippen LogP contribution in [0.15, 0.2) is 18.2 Å². The number of hydrogen-bond acceptors (Lipinski definition) is 3. The second kappa shape index (κ2) is 5.00. The highest BCUT2D eigenvalue weighted by Crippen LogP contribution is 2.35. The lowest BCUT2D eigenvalue weighted by molar-refractivity contribution is -0.140. The van der Waals surface area contributed by atoms with Crippen molar-refractivity contribution < 1.29 is 26.0 Å². The topological polar surface area (TPSA) is 60.2 Å². The maximum atomic E-state index is 13.5. The zero-order chi connectivity index (χ0) is 15.9. The van der Waals surface area contributed by atoms with Crippen molar-refractivity contribution in [1.82, 2.24) is 0 Å². The first-order valence-corrected chi connectivity index (χ1v) is 7.49. The van der Waals surface area contributed by atoms with Crippen molar-refractivity contribution in [3.63, 3.8) is 0 Å². The normalized spacial score (nSPS) is 15.2. The van der Waals surface area contributed by atoms with E-state index in [1.165, 1.54) is 13.8 Å². The van der Waals surface area contributed by atoms with Gasteiger partial charge in [-0.3, -0.25) is 0 Å². The van der Waals surface area contributed by atoms with Gasteiger partial charge in [-0.2, -0.15) is 13.2 Å². The summed E-state index contributed by atoms with van der Waals surface area (Å²) in [5, 5.41) is 0. The summed E-state index contributed by atoms with van der Waals surface area (Å²) in [6.45, 7) is 2.67. The van der Waals surface area contributed by atoms with Crippen LogP contribution in [0.3, 0.4) is 0 Å². The molecule has 1 unspecified atom stereocenters. The molecule has 0 saturated carbocycles. The fourth-order valence-electron chi connectivity index (χ4n) is 1.59. The Balaban J connectivity index is 3.27. The van der Waals surface area contributed by atoms with Crippen molar-refractivity contribution >= 4 is 9.84 Å². The molecule has 0 heterocycles. The second-order valence-corrected chi connectivity index (χ2v) is 7.69. The number of halogens is 4. The van der Waals surface area contributed by atoms with Gasteiger partial charge in [0.05, 0.1) is 10.3 Å². The maximum absolute atomic E-state index is 13.5. The van der Waals surface area contributed by atoms with Crippen LogP contribution < -0.4 is 5.73 Å². The summed E-state index contributed by atoms with van der Waals surface area (Å²) < 4.78 is 72.6. The summed E-state index contributed by atoms with van der Waals surface area (Å²) in [6.07, 6.45) is -3.84. The third-order valence-electron chi connectivity index (χ3n) is 3.36. The van der Waals surface area contributed by atoms with Crippen molar-refractivity contribution in [3.05, 3.63) is 35.1 Å².